The van der Waals surface area contributed by atoms with Crippen LogP contribution in [0.2, 0.25) is 0 Å². The number of aryl methyl sites for hydroxylation is 1. The van der Waals surface area contributed by atoms with E-state index in [0.29, 0.717) is 0 Å². The molecule has 0 N–H and O–H groups in total. The molecule has 0 fully saturated rings. The highest BCUT2D eigenvalue weighted by Gasteiger charge is 2.14. The van der Waals surface area contributed by atoms with Crippen LogP contribution < -0.4 is 0 Å². The molecule has 0 bridgehead atoms. The summed E-state index contributed by atoms with van der Waals surface area (Å²) in [5, 5.41) is 3.29. The van der Waals surface area contributed by atoms with E-state index < -0.39 is 10.1 Å². The summed E-state index contributed by atoms with van der Waals surface area (Å²) < 4.78 is 28.2. The van der Waals surface area contributed by atoms with Crippen molar-refractivity contribution >= 4 is 31.7 Å². The Labute approximate surface area is 113 Å². The van der Waals surface area contributed by atoms with Crippen molar-refractivity contribution in [3.8, 4) is 0 Å². The maximum atomic E-state index is 11.7. The third-order valence-corrected chi connectivity index (χ3v) is 4.95. The number of benzene rings is 1. The van der Waals surface area contributed by atoms with E-state index in [1.165, 1.54) is 33.7 Å². The quantitative estimate of drug-likeness (QED) is 0.146. The molecule has 6 nitrogen and oxygen atoms in total. The molecule has 98 valence electrons. The van der Waals surface area contributed by atoms with Gasteiger partial charge in [0.1, 0.15) is 5.94 Å². The van der Waals surface area contributed by atoms with Crippen molar-refractivity contribution < 1.29 is 12.6 Å². The fraction of sp³-hybridized carbons (Fsp3) is 0.333. The fourth-order valence-corrected chi connectivity index (χ4v) is 3.41. The minimum absolute atomic E-state index is 0.0260. The van der Waals surface area contributed by atoms with Crippen LogP contribution in [0.4, 0.5) is 0 Å². The largest absolute Gasteiger partial charge is 0.297 e. The molecule has 0 aliphatic rings. The summed E-state index contributed by atoms with van der Waals surface area (Å²) in [6.45, 7) is 1.87. The van der Waals surface area contributed by atoms with Gasteiger partial charge in [0.25, 0.3) is 10.1 Å². The van der Waals surface area contributed by atoms with E-state index in [-0.39, 0.29) is 16.7 Å². The Morgan fingerprint density at radius 1 is 1.33 bits per heavy atom. The Balaban J connectivity index is 2.45. The average Bonchev–Trinajstić information content (AvgIpc) is 2.34. The summed E-state index contributed by atoms with van der Waals surface area (Å²) in [6, 6.07) is 6.42. The summed E-state index contributed by atoms with van der Waals surface area (Å²) in [5.74, 6) is 0.205. The summed E-state index contributed by atoms with van der Waals surface area (Å²) >= 11 is 0. The zero-order valence-electron chi connectivity index (χ0n) is 9.51. The normalized spacial score (nSPS) is 10.9. The van der Waals surface area contributed by atoms with Crippen LogP contribution in [0.5, 0.6) is 0 Å². The van der Waals surface area contributed by atoms with Gasteiger partial charge in [0.2, 0.25) is 0 Å². The molecule has 9 heteroatoms. The molecule has 0 aliphatic heterocycles. The first-order valence-electron chi connectivity index (χ1n) is 4.77. The monoisotopic (exact) mass is 305 g/mol. The summed E-state index contributed by atoms with van der Waals surface area (Å²) in [7, 11) is -1.32. The Morgan fingerprint density at radius 2 is 2.00 bits per heavy atom. The molecule has 0 unspecified atom stereocenters. The molecule has 18 heavy (non-hydrogen) atoms. The molecule has 0 aromatic heterocycles. The minimum atomic E-state index is -3.71. The summed E-state index contributed by atoms with van der Waals surface area (Å²) in [4.78, 5) is 2.70. The van der Waals surface area contributed by atoms with Gasteiger partial charge in [-0.1, -0.05) is 44.4 Å². The highest BCUT2D eigenvalue weighted by Crippen LogP contribution is 2.23. The lowest BCUT2D eigenvalue weighted by Crippen LogP contribution is -2.05. The molecule has 0 amide bonds. The van der Waals surface area contributed by atoms with E-state index >= 15 is 0 Å². The highest BCUT2D eigenvalue weighted by atomic mass is 33.1. The minimum Gasteiger partial charge on any atom is -0.255 e. The third-order valence-electron chi connectivity index (χ3n) is 1.82. The molecule has 1 rings (SSSR count). The van der Waals surface area contributed by atoms with Crippen molar-refractivity contribution in [2.75, 3.05) is 11.8 Å². The van der Waals surface area contributed by atoms with Gasteiger partial charge >= 0.3 is 0 Å². The van der Waals surface area contributed by atoms with Crippen molar-refractivity contribution in [3.05, 3.63) is 40.3 Å². The van der Waals surface area contributed by atoms with Gasteiger partial charge < -0.3 is 0 Å². The molecule has 1 aromatic rings. The number of azide groups is 1. The van der Waals surface area contributed by atoms with Crippen molar-refractivity contribution in [1.82, 2.24) is 0 Å². The van der Waals surface area contributed by atoms with Crippen molar-refractivity contribution in [3.63, 3.8) is 0 Å². The van der Waals surface area contributed by atoms with Crippen LogP contribution in [0, 0.1) is 6.92 Å². The van der Waals surface area contributed by atoms with E-state index in [1.54, 1.807) is 12.1 Å². The lowest BCUT2D eigenvalue weighted by molar-refractivity contribution is 0.382. The molecule has 0 heterocycles. The molecular formula is C9H11N3O3S3. The Bertz CT molecular complexity index is 524. The Morgan fingerprint density at radius 3 is 2.61 bits per heavy atom. The second-order valence-corrected chi connectivity index (χ2v) is 7.09. The number of hydrogen-bond acceptors (Lipinski definition) is 6. The van der Waals surface area contributed by atoms with Gasteiger partial charge in [0, 0.05) is 4.91 Å². The van der Waals surface area contributed by atoms with Gasteiger partial charge in [-0.3, -0.25) is 4.18 Å². The number of nitrogens with zero attached hydrogens (tertiary/aromatic N) is 3. The lowest BCUT2D eigenvalue weighted by atomic mass is 10.2. The van der Waals surface area contributed by atoms with Gasteiger partial charge in [0.05, 0.1) is 10.8 Å². The molecule has 1 aromatic carbocycles. The second-order valence-electron chi connectivity index (χ2n) is 3.10. The highest BCUT2D eigenvalue weighted by molar-refractivity contribution is 8.76. The zero-order valence-corrected chi connectivity index (χ0v) is 12.0. The van der Waals surface area contributed by atoms with Gasteiger partial charge in [-0.25, -0.2) is 0 Å². The van der Waals surface area contributed by atoms with Crippen LogP contribution >= 0.6 is 21.6 Å². The predicted molar refractivity (Wildman–Crippen MR) is 73.5 cm³/mol. The average molecular weight is 305 g/mol. The van der Waals surface area contributed by atoms with Gasteiger partial charge in [-0.2, -0.15) is 8.42 Å². The van der Waals surface area contributed by atoms with Crippen LogP contribution in [0.15, 0.2) is 34.3 Å². The maximum Gasteiger partial charge on any atom is 0.297 e. The zero-order chi connectivity index (χ0) is 13.4. The molecule has 0 aliphatic carbocycles. The van der Waals surface area contributed by atoms with Gasteiger partial charge in [0.15, 0.2) is 0 Å². The topological polar surface area (TPSA) is 92.1 Å². The van der Waals surface area contributed by atoms with E-state index in [1.807, 2.05) is 6.92 Å². The van der Waals surface area contributed by atoms with Crippen molar-refractivity contribution in [2.45, 2.75) is 11.8 Å². The van der Waals surface area contributed by atoms with E-state index in [4.69, 9.17) is 9.71 Å². The molecule has 0 saturated heterocycles. The van der Waals surface area contributed by atoms with E-state index in [0.717, 1.165) is 5.56 Å². The first-order chi connectivity index (χ1) is 8.56. The molecular weight excluding hydrogens is 294 g/mol. The smallest absolute Gasteiger partial charge is 0.255 e. The Hall–Kier alpha value is -0.860. The maximum absolute atomic E-state index is 11.7. The van der Waals surface area contributed by atoms with E-state index in [2.05, 4.69) is 10.0 Å². The number of hydrogen-bond donors (Lipinski definition) is 0. The first-order valence-corrected chi connectivity index (χ1v) is 8.67. The van der Waals surface area contributed by atoms with E-state index in [9.17, 15) is 8.42 Å². The first kappa shape index (κ1) is 15.2. The summed E-state index contributed by atoms with van der Waals surface area (Å²) in [5.41, 5.74) is 9.01. The van der Waals surface area contributed by atoms with Crippen LogP contribution in [-0.4, -0.2) is 20.2 Å². The number of rotatable bonds is 7. The molecule has 0 atom stereocenters. The predicted octanol–water partition coefficient (Wildman–Crippen LogP) is 3.31. The molecule has 0 spiro atoms. The fourth-order valence-electron chi connectivity index (χ4n) is 0.977. The van der Waals surface area contributed by atoms with Crippen LogP contribution in [-0.2, 0) is 14.3 Å². The van der Waals surface area contributed by atoms with Crippen LogP contribution in [0.1, 0.15) is 5.56 Å². The van der Waals surface area contributed by atoms with Crippen molar-refractivity contribution in [1.29, 1.82) is 0 Å². The molecule has 0 radical (unpaired) electrons. The van der Waals surface area contributed by atoms with Crippen molar-refractivity contribution in [2.24, 2.45) is 5.11 Å². The van der Waals surface area contributed by atoms with Crippen LogP contribution in [0.25, 0.3) is 10.4 Å². The third kappa shape index (κ3) is 5.19. The van der Waals surface area contributed by atoms with Gasteiger partial charge in [-0.05, 0) is 24.6 Å². The summed E-state index contributed by atoms with van der Waals surface area (Å²) in [6.07, 6.45) is 0. The Kier molecular flexibility index (Phi) is 6.37. The second kappa shape index (κ2) is 7.55. The standard InChI is InChI=1S/C9H11N3O3S3/c1-8-2-4-9(5-3-8)18(13,14)15-7-17-16-6-11-12-10/h2-5H,6-7H2,1H3. The SMILES string of the molecule is Cc1ccc(S(=O)(=O)OCSSCN=[N+]=[N-])cc1. The molecule has 0 saturated carbocycles. The van der Waals surface area contributed by atoms with Gasteiger partial charge in [-0.15, -0.1) is 0 Å². The lowest BCUT2D eigenvalue weighted by Gasteiger charge is -2.04. The van der Waals surface area contributed by atoms with Crippen LogP contribution in [0.3, 0.4) is 0 Å².